The van der Waals surface area contributed by atoms with E-state index in [4.69, 9.17) is 11.5 Å². The third-order valence-electron chi connectivity index (χ3n) is 3.10. The van der Waals surface area contributed by atoms with Gasteiger partial charge in [-0.15, -0.1) is 0 Å². The number of amides is 2. The highest BCUT2D eigenvalue weighted by Crippen LogP contribution is 2.11. The maximum absolute atomic E-state index is 10.5. The molecule has 0 saturated carbocycles. The molecule has 0 radical (unpaired) electrons. The molecule has 0 bridgehead atoms. The molecule has 4 heteroatoms. The molecule has 0 spiro atoms. The van der Waals surface area contributed by atoms with Crippen molar-refractivity contribution in [3.05, 3.63) is 0 Å². The van der Waals surface area contributed by atoms with Gasteiger partial charge < -0.3 is 11.5 Å². The molecule has 0 aliphatic carbocycles. The molecule has 0 fully saturated rings. The first-order chi connectivity index (χ1) is 8.63. The fourth-order valence-electron chi connectivity index (χ4n) is 2.01. The van der Waals surface area contributed by atoms with E-state index in [0.717, 1.165) is 25.7 Å². The van der Waals surface area contributed by atoms with Crippen LogP contribution in [0.2, 0.25) is 0 Å². The molecule has 0 aromatic rings. The van der Waals surface area contributed by atoms with E-state index in [1.54, 1.807) is 0 Å². The fraction of sp³-hybridized carbons (Fsp3) is 0.857. The van der Waals surface area contributed by atoms with E-state index in [1.165, 1.54) is 38.5 Å². The van der Waals surface area contributed by atoms with Crippen molar-refractivity contribution >= 4 is 11.8 Å². The summed E-state index contributed by atoms with van der Waals surface area (Å²) in [4.78, 5) is 21.0. The third kappa shape index (κ3) is 14.9. The molecule has 0 unspecified atom stereocenters. The largest absolute Gasteiger partial charge is 0.370 e. The van der Waals surface area contributed by atoms with Crippen LogP contribution in [0.4, 0.5) is 0 Å². The molecule has 0 aromatic carbocycles. The predicted octanol–water partition coefficient (Wildman–Crippen LogP) is 2.64. The third-order valence-corrected chi connectivity index (χ3v) is 3.10. The van der Waals surface area contributed by atoms with Crippen molar-refractivity contribution in [2.24, 2.45) is 11.5 Å². The van der Waals surface area contributed by atoms with Crippen LogP contribution in [0, 0.1) is 0 Å². The SMILES string of the molecule is NC(=O)CCCCCCCCCCCCC(N)=O. The van der Waals surface area contributed by atoms with Gasteiger partial charge in [-0.2, -0.15) is 0 Å². The summed E-state index contributed by atoms with van der Waals surface area (Å²) >= 11 is 0. The van der Waals surface area contributed by atoms with Crippen LogP contribution in [0.1, 0.15) is 77.0 Å². The van der Waals surface area contributed by atoms with Crippen molar-refractivity contribution in [3.8, 4) is 0 Å². The Labute approximate surface area is 110 Å². The Hall–Kier alpha value is -1.06. The van der Waals surface area contributed by atoms with Gasteiger partial charge in [-0.05, 0) is 12.8 Å². The van der Waals surface area contributed by atoms with Crippen LogP contribution in [0.25, 0.3) is 0 Å². The Morgan fingerprint density at radius 2 is 0.722 bits per heavy atom. The molecule has 0 aromatic heterocycles. The summed E-state index contributed by atoms with van der Waals surface area (Å²) in [6, 6.07) is 0. The van der Waals surface area contributed by atoms with E-state index < -0.39 is 0 Å². The van der Waals surface area contributed by atoms with E-state index in [-0.39, 0.29) is 11.8 Å². The molecule has 0 aliphatic heterocycles. The average molecular weight is 256 g/mol. The van der Waals surface area contributed by atoms with Crippen LogP contribution >= 0.6 is 0 Å². The van der Waals surface area contributed by atoms with Gasteiger partial charge in [0.25, 0.3) is 0 Å². The average Bonchev–Trinajstić information content (AvgIpc) is 2.29. The number of unbranched alkanes of at least 4 members (excludes halogenated alkanes) is 9. The fourth-order valence-corrected chi connectivity index (χ4v) is 2.01. The number of hydrogen-bond donors (Lipinski definition) is 2. The Bertz CT molecular complexity index is 206. The highest BCUT2D eigenvalue weighted by Gasteiger charge is 1.96. The van der Waals surface area contributed by atoms with Gasteiger partial charge in [-0.1, -0.05) is 51.4 Å². The normalized spacial score (nSPS) is 10.4. The van der Waals surface area contributed by atoms with Crippen LogP contribution in [-0.2, 0) is 9.59 Å². The molecule has 0 saturated heterocycles. The van der Waals surface area contributed by atoms with Gasteiger partial charge >= 0.3 is 0 Å². The molecule has 18 heavy (non-hydrogen) atoms. The van der Waals surface area contributed by atoms with E-state index in [9.17, 15) is 9.59 Å². The molecule has 2 amide bonds. The summed E-state index contributed by atoms with van der Waals surface area (Å²) < 4.78 is 0. The lowest BCUT2D eigenvalue weighted by atomic mass is 10.1. The Balaban J connectivity index is 2.99. The maximum atomic E-state index is 10.5. The summed E-state index contributed by atoms with van der Waals surface area (Å²) in [5.41, 5.74) is 10.1. The number of primary amides is 2. The predicted molar refractivity (Wildman–Crippen MR) is 73.8 cm³/mol. The number of nitrogens with two attached hydrogens (primary N) is 2. The first-order valence-corrected chi connectivity index (χ1v) is 7.19. The van der Waals surface area contributed by atoms with Gasteiger partial charge in [-0.25, -0.2) is 0 Å². The van der Waals surface area contributed by atoms with Gasteiger partial charge in [-0.3, -0.25) is 9.59 Å². The number of carbonyl (C=O) groups excluding carboxylic acids is 2. The van der Waals surface area contributed by atoms with E-state index >= 15 is 0 Å². The van der Waals surface area contributed by atoms with Gasteiger partial charge in [0.2, 0.25) is 11.8 Å². The van der Waals surface area contributed by atoms with Gasteiger partial charge in [0, 0.05) is 12.8 Å². The number of hydrogen-bond acceptors (Lipinski definition) is 2. The smallest absolute Gasteiger partial charge is 0.217 e. The van der Waals surface area contributed by atoms with Crippen molar-refractivity contribution in [1.82, 2.24) is 0 Å². The molecule has 0 aliphatic rings. The standard InChI is InChI=1S/C14H28N2O2/c15-13(17)11-9-7-5-3-1-2-4-6-8-10-12-14(16)18/h1-12H2,(H2,15,17)(H2,16,18). The first kappa shape index (κ1) is 16.9. The highest BCUT2D eigenvalue weighted by molar-refractivity contribution is 5.73. The highest BCUT2D eigenvalue weighted by atomic mass is 16.1. The van der Waals surface area contributed by atoms with E-state index in [2.05, 4.69) is 0 Å². The Kier molecular flexibility index (Phi) is 11.7. The van der Waals surface area contributed by atoms with Crippen LogP contribution in [0.3, 0.4) is 0 Å². The minimum Gasteiger partial charge on any atom is -0.370 e. The van der Waals surface area contributed by atoms with Gasteiger partial charge in [0.05, 0.1) is 0 Å². The molecular formula is C14H28N2O2. The molecular weight excluding hydrogens is 228 g/mol. The Morgan fingerprint density at radius 3 is 0.944 bits per heavy atom. The summed E-state index contributed by atoms with van der Waals surface area (Å²) in [6.45, 7) is 0. The van der Waals surface area contributed by atoms with E-state index in [1.807, 2.05) is 0 Å². The molecule has 0 atom stereocenters. The lowest BCUT2D eigenvalue weighted by Crippen LogP contribution is -2.09. The topological polar surface area (TPSA) is 86.2 Å². The first-order valence-electron chi connectivity index (χ1n) is 7.19. The minimum atomic E-state index is -0.189. The lowest BCUT2D eigenvalue weighted by molar-refractivity contribution is -0.119. The van der Waals surface area contributed by atoms with Crippen molar-refractivity contribution in [1.29, 1.82) is 0 Å². The molecule has 4 nitrogen and oxygen atoms in total. The summed E-state index contributed by atoms with van der Waals surface area (Å²) in [5, 5.41) is 0. The van der Waals surface area contributed by atoms with Crippen molar-refractivity contribution in [3.63, 3.8) is 0 Å². The summed E-state index contributed by atoms with van der Waals surface area (Å²) in [7, 11) is 0. The zero-order valence-electron chi connectivity index (χ0n) is 11.5. The van der Waals surface area contributed by atoms with Crippen LogP contribution in [-0.4, -0.2) is 11.8 Å². The van der Waals surface area contributed by atoms with Crippen molar-refractivity contribution in [2.45, 2.75) is 77.0 Å². The van der Waals surface area contributed by atoms with Gasteiger partial charge in [0.15, 0.2) is 0 Å². The monoisotopic (exact) mass is 256 g/mol. The van der Waals surface area contributed by atoms with Crippen molar-refractivity contribution in [2.75, 3.05) is 0 Å². The number of rotatable bonds is 13. The van der Waals surface area contributed by atoms with Crippen LogP contribution in [0.15, 0.2) is 0 Å². The van der Waals surface area contributed by atoms with Crippen molar-refractivity contribution < 1.29 is 9.59 Å². The number of carbonyl (C=O) groups is 2. The molecule has 0 heterocycles. The summed E-state index contributed by atoms with van der Waals surface area (Å²) in [6.07, 6.45) is 12.6. The minimum absolute atomic E-state index is 0.189. The Morgan fingerprint density at radius 1 is 0.500 bits per heavy atom. The molecule has 106 valence electrons. The van der Waals surface area contributed by atoms with Crippen LogP contribution < -0.4 is 11.5 Å². The van der Waals surface area contributed by atoms with E-state index in [0.29, 0.717) is 12.8 Å². The second-order valence-electron chi connectivity index (χ2n) is 4.97. The molecule has 0 rings (SSSR count). The molecule has 4 N–H and O–H groups in total. The van der Waals surface area contributed by atoms with Crippen LogP contribution in [0.5, 0.6) is 0 Å². The summed E-state index contributed by atoms with van der Waals surface area (Å²) in [5.74, 6) is -0.378. The zero-order chi connectivity index (χ0) is 13.6. The zero-order valence-corrected chi connectivity index (χ0v) is 11.5. The quantitative estimate of drug-likeness (QED) is 0.496. The second-order valence-corrected chi connectivity index (χ2v) is 4.97. The second kappa shape index (κ2) is 12.4. The maximum Gasteiger partial charge on any atom is 0.217 e. The lowest BCUT2D eigenvalue weighted by Gasteiger charge is -2.02. The van der Waals surface area contributed by atoms with Gasteiger partial charge in [0.1, 0.15) is 0 Å².